The van der Waals surface area contributed by atoms with Crippen molar-refractivity contribution in [2.24, 2.45) is 5.73 Å². The number of rotatable bonds is 2. The highest BCUT2D eigenvalue weighted by Gasteiger charge is 2.22. The third kappa shape index (κ3) is 3.97. The molecule has 3 rings (SSSR count). The molecule has 0 aliphatic heterocycles. The summed E-state index contributed by atoms with van der Waals surface area (Å²) in [7, 11) is 0. The second-order valence-electron chi connectivity index (χ2n) is 4.99. The summed E-state index contributed by atoms with van der Waals surface area (Å²) in [5.41, 5.74) is 7.82. The van der Waals surface area contributed by atoms with Crippen molar-refractivity contribution in [3.8, 4) is 0 Å². The van der Waals surface area contributed by atoms with Crippen LogP contribution in [0.3, 0.4) is 0 Å². The minimum Gasteiger partial charge on any atom is -0.327 e. The fourth-order valence-corrected chi connectivity index (χ4v) is 4.26. The number of aromatic nitrogens is 2. The Balaban J connectivity index is 0.00000121. The summed E-state index contributed by atoms with van der Waals surface area (Å²) in [6, 6.07) is 0.220. The molecule has 0 bridgehead atoms. The van der Waals surface area contributed by atoms with E-state index in [2.05, 4.69) is 15.3 Å². The fraction of sp³-hybridized carbons (Fsp3) is 0.462. The van der Waals surface area contributed by atoms with Gasteiger partial charge in [-0.15, -0.1) is 47.5 Å². The molecule has 1 aliphatic rings. The van der Waals surface area contributed by atoms with Gasteiger partial charge in [0.05, 0.1) is 16.4 Å². The lowest BCUT2D eigenvalue weighted by molar-refractivity contribution is 0.103. The van der Waals surface area contributed by atoms with Crippen LogP contribution >= 0.6 is 47.5 Å². The summed E-state index contributed by atoms with van der Waals surface area (Å²) in [4.78, 5) is 22.9. The second-order valence-corrected chi connectivity index (χ2v) is 7.28. The molecule has 1 aliphatic carbocycles. The zero-order valence-electron chi connectivity index (χ0n) is 12.2. The van der Waals surface area contributed by atoms with Crippen molar-refractivity contribution in [1.29, 1.82) is 0 Å². The number of fused-ring (bicyclic) bond motifs is 1. The molecule has 2 heterocycles. The molecule has 22 heavy (non-hydrogen) atoms. The van der Waals surface area contributed by atoms with Crippen LogP contribution in [-0.2, 0) is 12.8 Å². The number of nitrogens with two attached hydrogens (primary N) is 1. The Hall–Kier alpha value is -0.730. The van der Waals surface area contributed by atoms with Crippen molar-refractivity contribution in [3.05, 3.63) is 26.1 Å². The predicted molar refractivity (Wildman–Crippen MR) is 96.2 cm³/mol. The van der Waals surface area contributed by atoms with Gasteiger partial charge >= 0.3 is 0 Å². The summed E-state index contributed by atoms with van der Waals surface area (Å²) in [5.74, 6) is -0.122. The molecule has 122 valence electrons. The molecule has 3 N–H and O–H groups in total. The van der Waals surface area contributed by atoms with E-state index in [1.807, 2.05) is 13.8 Å². The highest BCUT2D eigenvalue weighted by atomic mass is 35.5. The number of hydrogen-bond donors (Lipinski definition) is 2. The van der Waals surface area contributed by atoms with Gasteiger partial charge in [0.2, 0.25) is 0 Å². The third-order valence-electron chi connectivity index (χ3n) is 3.31. The first-order chi connectivity index (χ1) is 9.52. The van der Waals surface area contributed by atoms with Crippen molar-refractivity contribution < 1.29 is 4.79 Å². The van der Waals surface area contributed by atoms with E-state index in [0.717, 1.165) is 35.7 Å². The zero-order chi connectivity index (χ0) is 14.3. The van der Waals surface area contributed by atoms with E-state index in [1.165, 1.54) is 27.6 Å². The lowest BCUT2D eigenvalue weighted by Crippen LogP contribution is -2.27. The Morgan fingerprint density at radius 1 is 1.27 bits per heavy atom. The molecule has 9 heteroatoms. The van der Waals surface area contributed by atoms with Gasteiger partial charge in [-0.25, -0.2) is 9.97 Å². The molecule has 0 saturated heterocycles. The monoisotopic (exact) mass is 380 g/mol. The van der Waals surface area contributed by atoms with Gasteiger partial charge in [0.25, 0.3) is 5.91 Å². The lowest BCUT2D eigenvalue weighted by atomic mass is 9.99. The number of hydrogen-bond acceptors (Lipinski definition) is 6. The molecule has 0 radical (unpaired) electrons. The van der Waals surface area contributed by atoms with Crippen LogP contribution < -0.4 is 11.1 Å². The van der Waals surface area contributed by atoms with Crippen molar-refractivity contribution in [2.75, 3.05) is 5.32 Å². The summed E-state index contributed by atoms with van der Waals surface area (Å²) >= 11 is 2.95. The van der Waals surface area contributed by atoms with Crippen LogP contribution in [0.1, 0.15) is 37.4 Å². The van der Waals surface area contributed by atoms with E-state index in [4.69, 9.17) is 5.73 Å². The van der Waals surface area contributed by atoms with Crippen LogP contribution in [0.2, 0.25) is 0 Å². The average Bonchev–Trinajstić information content (AvgIpc) is 2.91. The van der Waals surface area contributed by atoms with Crippen molar-refractivity contribution in [1.82, 2.24) is 9.97 Å². The SMILES string of the molecule is Cc1nc(C)c(C(=O)Nc2nc3c(s2)C[C@@H](N)CC3)s1.Cl.Cl. The summed E-state index contributed by atoms with van der Waals surface area (Å²) in [6.07, 6.45) is 2.74. The molecule has 1 atom stereocenters. The number of thiazole rings is 2. The number of halogens is 2. The summed E-state index contributed by atoms with van der Waals surface area (Å²) in [6.45, 7) is 3.75. The zero-order valence-corrected chi connectivity index (χ0v) is 15.5. The molecule has 2 aromatic heterocycles. The van der Waals surface area contributed by atoms with Gasteiger partial charge in [-0.3, -0.25) is 10.1 Å². The number of nitrogens with one attached hydrogen (secondary N) is 1. The smallest absolute Gasteiger partial charge is 0.269 e. The highest BCUT2D eigenvalue weighted by Crippen LogP contribution is 2.30. The van der Waals surface area contributed by atoms with Crippen LogP contribution in [0.15, 0.2) is 0 Å². The van der Waals surface area contributed by atoms with Gasteiger partial charge in [-0.05, 0) is 33.1 Å². The quantitative estimate of drug-likeness (QED) is 0.838. The molecule has 2 aromatic rings. The average molecular weight is 381 g/mol. The van der Waals surface area contributed by atoms with Gasteiger partial charge in [0, 0.05) is 10.9 Å². The second kappa shape index (κ2) is 7.70. The fourth-order valence-electron chi connectivity index (χ4n) is 2.35. The van der Waals surface area contributed by atoms with Gasteiger partial charge in [-0.2, -0.15) is 0 Å². The van der Waals surface area contributed by atoms with Crippen LogP contribution in [0, 0.1) is 13.8 Å². The number of aryl methyl sites for hydroxylation is 3. The van der Waals surface area contributed by atoms with Crippen LogP contribution in [0.4, 0.5) is 5.13 Å². The number of nitrogens with zero attached hydrogens (tertiary/aromatic N) is 2. The largest absolute Gasteiger partial charge is 0.327 e. The molecular formula is C13H18Cl2N4OS2. The van der Waals surface area contributed by atoms with E-state index < -0.39 is 0 Å². The van der Waals surface area contributed by atoms with E-state index >= 15 is 0 Å². The van der Waals surface area contributed by atoms with Crippen molar-refractivity contribution in [3.63, 3.8) is 0 Å². The van der Waals surface area contributed by atoms with Gasteiger partial charge in [-0.1, -0.05) is 0 Å². The van der Waals surface area contributed by atoms with Gasteiger partial charge in [0.15, 0.2) is 5.13 Å². The summed E-state index contributed by atoms with van der Waals surface area (Å²) < 4.78 is 0. The Kier molecular flexibility index (Phi) is 6.76. The molecule has 0 spiro atoms. The maximum atomic E-state index is 12.2. The van der Waals surface area contributed by atoms with Crippen LogP contribution in [0.5, 0.6) is 0 Å². The van der Waals surface area contributed by atoms with Crippen LogP contribution in [-0.4, -0.2) is 21.9 Å². The van der Waals surface area contributed by atoms with E-state index in [1.54, 1.807) is 0 Å². The van der Waals surface area contributed by atoms with Crippen molar-refractivity contribution in [2.45, 2.75) is 39.2 Å². The minimum atomic E-state index is -0.122. The lowest BCUT2D eigenvalue weighted by Gasteiger charge is -2.15. The molecule has 0 unspecified atom stereocenters. The molecule has 0 aromatic carbocycles. The Morgan fingerprint density at radius 2 is 2.00 bits per heavy atom. The van der Waals surface area contributed by atoms with E-state index in [0.29, 0.717) is 10.0 Å². The maximum Gasteiger partial charge on any atom is 0.269 e. The Bertz CT molecular complexity index is 671. The summed E-state index contributed by atoms with van der Waals surface area (Å²) in [5, 5.41) is 4.45. The first kappa shape index (κ1) is 19.3. The number of carbonyl (C=O) groups excluding carboxylic acids is 1. The number of anilines is 1. The minimum absolute atomic E-state index is 0. The molecule has 1 amide bonds. The molecular weight excluding hydrogens is 363 g/mol. The van der Waals surface area contributed by atoms with Gasteiger partial charge < -0.3 is 5.73 Å². The first-order valence-electron chi connectivity index (χ1n) is 6.52. The topological polar surface area (TPSA) is 80.9 Å². The van der Waals surface area contributed by atoms with Crippen molar-refractivity contribution >= 4 is 58.5 Å². The maximum absolute atomic E-state index is 12.2. The van der Waals surface area contributed by atoms with E-state index in [9.17, 15) is 4.79 Å². The highest BCUT2D eigenvalue weighted by molar-refractivity contribution is 7.16. The molecule has 0 fully saturated rings. The number of carbonyl (C=O) groups is 1. The Labute approximate surface area is 149 Å². The standard InChI is InChI=1S/C13H16N4OS2.2ClH/c1-6-11(19-7(2)15-6)12(18)17-13-16-9-4-3-8(14)5-10(9)20-13;;/h8H,3-5,14H2,1-2H3,(H,16,17,18);2*1H/t8-;;/m0../s1. The molecule has 0 saturated carbocycles. The predicted octanol–water partition coefficient (Wildman–Crippen LogP) is 3.13. The third-order valence-corrected chi connectivity index (χ3v) is 5.42. The number of amides is 1. The van der Waals surface area contributed by atoms with Crippen LogP contribution in [0.25, 0.3) is 0 Å². The molecule has 5 nitrogen and oxygen atoms in total. The Morgan fingerprint density at radius 3 is 2.64 bits per heavy atom. The first-order valence-corrected chi connectivity index (χ1v) is 8.15. The normalized spacial score (nSPS) is 16.2. The van der Waals surface area contributed by atoms with Gasteiger partial charge in [0.1, 0.15) is 4.88 Å². The van der Waals surface area contributed by atoms with E-state index in [-0.39, 0.29) is 36.8 Å².